The van der Waals surface area contributed by atoms with Gasteiger partial charge in [-0.15, -0.1) is 0 Å². The van der Waals surface area contributed by atoms with Gasteiger partial charge in [0, 0.05) is 23.7 Å². The molecule has 0 bridgehead atoms. The fraction of sp³-hybridized carbons (Fsp3) is 0.0588. The Kier molecular flexibility index (Phi) is 4.50. The average Bonchev–Trinajstić information content (AvgIpc) is 2.61. The average molecular weight is 319 g/mol. The van der Waals surface area contributed by atoms with E-state index >= 15 is 0 Å². The lowest BCUT2D eigenvalue weighted by molar-refractivity contribution is 0.974. The van der Waals surface area contributed by atoms with Crippen LogP contribution >= 0.6 is 11.8 Å². The normalized spacial score (nSPS) is 10.2. The fourth-order valence-electron chi connectivity index (χ4n) is 2.07. The van der Waals surface area contributed by atoms with Gasteiger partial charge < -0.3 is 5.73 Å². The van der Waals surface area contributed by atoms with Crippen LogP contribution in [-0.2, 0) is 5.75 Å². The highest BCUT2D eigenvalue weighted by atomic mass is 32.2. The lowest BCUT2D eigenvalue weighted by Crippen LogP contribution is -2.02. The van der Waals surface area contributed by atoms with Crippen molar-refractivity contribution < 1.29 is 0 Å². The van der Waals surface area contributed by atoms with E-state index in [0.717, 1.165) is 11.1 Å². The van der Waals surface area contributed by atoms with Gasteiger partial charge in [-0.1, -0.05) is 48.2 Å². The molecule has 2 N–H and O–H groups in total. The van der Waals surface area contributed by atoms with Crippen molar-refractivity contribution in [2.24, 2.45) is 0 Å². The molecule has 0 fully saturated rings. The Labute approximate surface area is 138 Å². The Morgan fingerprint density at radius 2 is 1.91 bits per heavy atom. The Morgan fingerprint density at radius 3 is 2.61 bits per heavy atom. The summed E-state index contributed by atoms with van der Waals surface area (Å²) in [4.78, 5) is 12.8. The number of rotatable bonds is 4. The third kappa shape index (κ3) is 3.47. The molecule has 0 atom stereocenters. The van der Waals surface area contributed by atoms with E-state index in [1.54, 1.807) is 12.4 Å². The molecule has 1 aromatic carbocycles. The summed E-state index contributed by atoms with van der Waals surface area (Å²) in [6, 6.07) is 15.5. The second kappa shape index (κ2) is 6.90. The van der Waals surface area contributed by atoms with E-state index in [-0.39, 0.29) is 5.82 Å². The molecule has 5 nitrogen and oxygen atoms in total. The van der Waals surface area contributed by atoms with Gasteiger partial charge in [-0.25, -0.2) is 9.97 Å². The van der Waals surface area contributed by atoms with E-state index in [1.165, 1.54) is 11.8 Å². The highest BCUT2D eigenvalue weighted by molar-refractivity contribution is 7.98. The molecule has 0 aliphatic rings. The molecule has 0 amide bonds. The molecule has 3 aromatic rings. The van der Waals surface area contributed by atoms with E-state index in [1.807, 2.05) is 42.5 Å². The zero-order valence-corrected chi connectivity index (χ0v) is 13.0. The minimum Gasteiger partial charge on any atom is -0.382 e. The molecule has 3 rings (SSSR count). The van der Waals surface area contributed by atoms with Gasteiger partial charge in [-0.05, 0) is 11.6 Å². The smallest absolute Gasteiger partial charge is 0.190 e. The fourth-order valence-corrected chi connectivity index (χ4v) is 2.85. The first-order valence-corrected chi connectivity index (χ1v) is 7.91. The van der Waals surface area contributed by atoms with Crippen LogP contribution in [0.1, 0.15) is 11.1 Å². The molecule has 0 unspecified atom stereocenters. The predicted octanol–water partition coefficient (Wildman–Crippen LogP) is 3.28. The lowest BCUT2D eigenvalue weighted by Gasteiger charge is -2.08. The Hall–Kier alpha value is -2.91. The number of benzene rings is 1. The van der Waals surface area contributed by atoms with Crippen LogP contribution in [0.4, 0.5) is 5.82 Å². The maximum atomic E-state index is 9.33. The summed E-state index contributed by atoms with van der Waals surface area (Å²) in [6.45, 7) is 0. The van der Waals surface area contributed by atoms with Crippen molar-refractivity contribution in [1.82, 2.24) is 15.0 Å². The number of hydrogen-bond acceptors (Lipinski definition) is 6. The molecule has 2 heterocycles. The largest absolute Gasteiger partial charge is 0.382 e. The molecular formula is C17H13N5S. The van der Waals surface area contributed by atoms with Crippen LogP contribution in [0.5, 0.6) is 0 Å². The summed E-state index contributed by atoms with van der Waals surface area (Å²) in [5.41, 5.74) is 8.73. The standard InChI is InChI=1S/C17H13N5S/c18-9-14-15(13-6-2-1-3-7-13)21-17(22-16(14)19)23-11-12-5-4-8-20-10-12/h1-8,10H,11H2,(H2,19,21,22). The molecule has 0 spiro atoms. The van der Waals surface area contributed by atoms with Crippen LogP contribution in [0.15, 0.2) is 60.0 Å². The van der Waals surface area contributed by atoms with E-state index in [2.05, 4.69) is 21.0 Å². The van der Waals surface area contributed by atoms with E-state index in [9.17, 15) is 5.26 Å². The minimum atomic E-state index is 0.204. The Balaban J connectivity index is 1.94. The topological polar surface area (TPSA) is 88.5 Å². The molecule has 0 aliphatic carbocycles. The summed E-state index contributed by atoms with van der Waals surface area (Å²) >= 11 is 1.46. The summed E-state index contributed by atoms with van der Waals surface area (Å²) < 4.78 is 0. The molecular weight excluding hydrogens is 306 g/mol. The van der Waals surface area contributed by atoms with E-state index in [0.29, 0.717) is 22.2 Å². The summed E-state index contributed by atoms with van der Waals surface area (Å²) in [5, 5.41) is 9.88. The zero-order chi connectivity index (χ0) is 16.1. The minimum absolute atomic E-state index is 0.204. The maximum absolute atomic E-state index is 9.33. The summed E-state index contributed by atoms with van der Waals surface area (Å²) in [7, 11) is 0. The van der Waals surface area contributed by atoms with Crippen LogP contribution in [0.2, 0.25) is 0 Å². The Bertz CT molecular complexity index is 844. The number of aromatic nitrogens is 3. The van der Waals surface area contributed by atoms with Crippen molar-refractivity contribution in [2.75, 3.05) is 5.73 Å². The Morgan fingerprint density at radius 1 is 1.09 bits per heavy atom. The number of anilines is 1. The number of pyridine rings is 1. The quantitative estimate of drug-likeness (QED) is 0.586. The zero-order valence-electron chi connectivity index (χ0n) is 12.2. The van der Waals surface area contributed by atoms with Crippen molar-refractivity contribution >= 4 is 17.6 Å². The number of nitrogens with two attached hydrogens (primary N) is 1. The van der Waals surface area contributed by atoms with Crippen molar-refractivity contribution in [3.63, 3.8) is 0 Å². The van der Waals surface area contributed by atoms with Gasteiger partial charge in [0.2, 0.25) is 0 Å². The molecule has 0 saturated heterocycles. The van der Waals surface area contributed by atoms with Gasteiger partial charge in [0.15, 0.2) is 5.16 Å². The number of nitrogens with zero attached hydrogens (tertiary/aromatic N) is 4. The van der Waals surface area contributed by atoms with Crippen molar-refractivity contribution in [1.29, 1.82) is 5.26 Å². The van der Waals surface area contributed by atoms with Crippen LogP contribution < -0.4 is 5.73 Å². The van der Waals surface area contributed by atoms with Gasteiger partial charge in [-0.3, -0.25) is 4.98 Å². The third-order valence-electron chi connectivity index (χ3n) is 3.17. The first kappa shape index (κ1) is 15.0. The molecule has 6 heteroatoms. The monoisotopic (exact) mass is 319 g/mol. The first-order chi connectivity index (χ1) is 11.3. The molecule has 112 valence electrons. The van der Waals surface area contributed by atoms with Crippen LogP contribution in [0.25, 0.3) is 11.3 Å². The lowest BCUT2D eigenvalue weighted by atomic mass is 10.1. The van der Waals surface area contributed by atoms with Gasteiger partial charge >= 0.3 is 0 Å². The number of nitriles is 1. The van der Waals surface area contributed by atoms with Crippen molar-refractivity contribution in [2.45, 2.75) is 10.9 Å². The molecule has 2 aromatic heterocycles. The van der Waals surface area contributed by atoms with Gasteiger partial charge in [0.25, 0.3) is 0 Å². The second-order valence-corrected chi connectivity index (χ2v) is 5.69. The van der Waals surface area contributed by atoms with Gasteiger partial charge in [0.1, 0.15) is 17.5 Å². The number of thioether (sulfide) groups is 1. The van der Waals surface area contributed by atoms with Crippen LogP contribution in [0, 0.1) is 11.3 Å². The molecule has 0 saturated carbocycles. The van der Waals surface area contributed by atoms with E-state index in [4.69, 9.17) is 5.73 Å². The van der Waals surface area contributed by atoms with E-state index < -0.39 is 0 Å². The number of hydrogen-bond donors (Lipinski definition) is 1. The maximum Gasteiger partial charge on any atom is 0.190 e. The van der Waals surface area contributed by atoms with Crippen LogP contribution in [-0.4, -0.2) is 15.0 Å². The highest BCUT2D eigenvalue weighted by Crippen LogP contribution is 2.28. The van der Waals surface area contributed by atoms with Crippen molar-refractivity contribution in [3.8, 4) is 17.3 Å². The second-order valence-electron chi connectivity index (χ2n) is 4.74. The first-order valence-electron chi connectivity index (χ1n) is 6.92. The van der Waals surface area contributed by atoms with Crippen molar-refractivity contribution in [3.05, 3.63) is 66.0 Å². The van der Waals surface area contributed by atoms with Crippen LogP contribution in [0.3, 0.4) is 0 Å². The molecule has 0 aliphatic heterocycles. The predicted molar refractivity (Wildman–Crippen MR) is 90.4 cm³/mol. The number of nitrogen functional groups attached to an aromatic ring is 1. The highest BCUT2D eigenvalue weighted by Gasteiger charge is 2.14. The SMILES string of the molecule is N#Cc1c(N)nc(SCc2cccnc2)nc1-c1ccccc1. The summed E-state index contributed by atoms with van der Waals surface area (Å²) in [5.74, 6) is 0.892. The molecule has 23 heavy (non-hydrogen) atoms. The van der Waals surface area contributed by atoms with Gasteiger partial charge in [0.05, 0.1) is 5.69 Å². The molecule has 0 radical (unpaired) electrons. The third-order valence-corrected chi connectivity index (χ3v) is 4.08. The van der Waals surface area contributed by atoms with Gasteiger partial charge in [-0.2, -0.15) is 5.26 Å². The summed E-state index contributed by atoms with van der Waals surface area (Å²) in [6.07, 6.45) is 3.54.